The van der Waals surface area contributed by atoms with Gasteiger partial charge in [0.15, 0.2) is 11.5 Å². The van der Waals surface area contributed by atoms with Gasteiger partial charge >= 0.3 is 0 Å². The first-order chi connectivity index (χ1) is 16.2. The Bertz CT molecular complexity index is 1160. The standard InChI is InChI=1S/C22H32ClN9O2/c1-4-26-19-20-27-11-14(10-25)32(20)30-21(29-19)28-15-7-13(9-24)8-16(18(15)23)31-5-6-34-17(12-31)22(2,3)33/h7-8,11,17,33H,4-6,9-10,12,24-25H2,1-3H3,(H2,26,28,29,30). The summed E-state index contributed by atoms with van der Waals surface area (Å²) in [6, 6.07) is 3.86. The highest BCUT2D eigenvalue weighted by Crippen LogP contribution is 2.37. The van der Waals surface area contributed by atoms with Gasteiger partial charge in [0, 0.05) is 32.7 Å². The second-order valence-electron chi connectivity index (χ2n) is 8.77. The largest absolute Gasteiger partial charge is 0.388 e. The highest BCUT2D eigenvalue weighted by molar-refractivity contribution is 6.36. The van der Waals surface area contributed by atoms with Gasteiger partial charge in [0.05, 0.1) is 40.5 Å². The van der Waals surface area contributed by atoms with Gasteiger partial charge in [-0.15, -0.1) is 5.10 Å². The van der Waals surface area contributed by atoms with Gasteiger partial charge < -0.3 is 36.8 Å². The Labute approximate surface area is 203 Å². The zero-order valence-corrected chi connectivity index (χ0v) is 20.4. The fourth-order valence-corrected chi connectivity index (χ4v) is 4.20. The molecule has 12 heteroatoms. The van der Waals surface area contributed by atoms with Crippen LogP contribution in [-0.4, -0.2) is 62.6 Å². The number of halogens is 1. The Morgan fingerprint density at radius 1 is 1.29 bits per heavy atom. The lowest BCUT2D eigenvalue weighted by Crippen LogP contribution is -2.52. The maximum atomic E-state index is 10.5. The molecule has 0 radical (unpaired) electrons. The maximum Gasteiger partial charge on any atom is 0.247 e. The molecule has 1 unspecified atom stereocenters. The fraction of sp³-hybridized carbons (Fsp3) is 0.500. The quantitative estimate of drug-likeness (QED) is 0.317. The highest BCUT2D eigenvalue weighted by Gasteiger charge is 2.33. The summed E-state index contributed by atoms with van der Waals surface area (Å²) >= 11 is 6.88. The maximum absolute atomic E-state index is 10.5. The molecule has 1 fully saturated rings. The van der Waals surface area contributed by atoms with Crippen molar-refractivity contribution in [2.24, 2.45) is 11.5 Å². The lowest BCUT2D eigenvalue weighted by molar-refractivity contribution is -0.0927. The number of anilines is 4. The smallest absolute Gasteiger partial charge is 0.247 e. The molecule has 2 aromatic heterocycles. The van der Waals surface area contributed by atoms with Crippen LogP contribution in [0.3, 0.4) is 0 Å². The van der Waals surface area contributed by atoms with E-state index in [0.29, 0.717) is 60.9 Å². The van der Waals surface area contributed by atoms with Crippen molar-refractivity contribution >= 4 is 40.4 Å². The number of imidazole rings is 1. The number of benzene rings is 1. The van der Waals surface area contributed by atoms with Crippen LogP contribution in [0, 0.1) is 0 Å². The predicted octanol–water partition coefficient (Wildman–Crippen LogP) is 1.85. The van der Waals surface area contributed by atoms with E-state index in [0.717, 1.165) is 16.9 Å². The molecule has 0 aliphatic carbocycles. The summed E-state index contributed by atoms with van der Waals surface area (Å²) in [7, 11) is 0. The predicted molar refractivity (Wildman–Crippen MR) is 134 cm³/mol. The van der Waals surface area contributed by atoms with Crippen molar-refractivity contribution in [1.82, 2.24) is 19.6 Å². The van der Waals surface area contributed by atoms with Gasteiger partial charge in [-0.1, -0.05) is 11.6 Å². The molecule has 0 amide bonds. The summed E-state index contributed by atoms with van der Waals surface area (Å²) in [6.45, 7) is 8.38. The van der Waals surface area contributed by atoms with Crippen LogP contribution in [0.4, 0.5) is 23.1 Å². The first-order valence-corrected chi connectivity index (χ1v) is 11.7. The molecular weight excluding hydrogens is 458 g/mol. The number of hydrogen-bond donors (Lipinski definition) is 5. The number of nitrogens with one attached hydrogen (secondary N) is 2. The molecule has 4 rings (SSSR count). The Morgan fingerprint density at radius 3 is 2.76 bits per heavy atom. The zero-order valence-electron chi connectivity index (χ0n) is 19.7. The molecule has 1 aromatic carbocycles. The molecule has 3 heterocycles. The number of fused-ring (bicyclic) bond motifs is 1. The number of ether oxygens (including phenoxy) is 1. The molecule has 0 bridgehead atoms. The van der Waals surface area contributed by atoms with Gasteiger partial charge in [-0.2, -0.15) is 4.98 Å². The average Bonchev–Trinajstić information content (AvgIpc) is 3.23. The molecule has 0 saturated carbocycles. The van der Waals surface area contributed by atoms with Gasteiger partial charge in [-0.05, 0) is 38.5 Å². The molecule has 11 nitrogen and oxygen atoms in total. The minimum atomic E-state index is -0.977. The van der Waals surface area contributed by atoms with Crippen molar-refractivity contribution in [2.45, 2.75) is 45.6 Å². The van der Waals surface area contributed by atoms with Gasteiger partial charge in [0.25, 0.3) is 0 Å². The summed E-state index contributed by atoms with van der Waals surface area (Å²) in [5.41, 5.74) is 14.6. The Balaban J connectivity index is 1.72. The average molecular weight is 490 g/mol. The van der Waals surface area contributed by atoms with Crippen LogP contribution in [0.5, 0.6) is 0 Å². The Hall–Kier alpha value is -2.70. The molecular formula is C22H32ClN9O2. The molecule has 1 aliphatic heterocycles. The van der Waals surface area contributed by atoms with E-state index in [9.17, 15) is 5.11 Å². The Morgan fingerprint density at radius 2 is 2.09 bits per heavy atom. The van der Waals surface area contributed by atoms with E-state index in [1.165, 1.54) is 0 Å². The third-order valence-corrected chi connectivity index (χ3v) is 6.17. The van der Waals surface area contributed by atoms with Crippen LogP contribution in [0.2, 0.25) is 5.02 Å². The van der Waals surface area contributed by atoms with Gasteiger partial charge in [-0.3, -0.25) is 0 Å². The van der Waals surface area contributed by atoms with Crippen LogP contribution in [0.15, 0.2) is 18.3 Å². The number of hydrogen-bond acceptors (Lipinski definition) is 10. The van der Waals surface area contributed by atoms with Gasteiger partial charge in [-0.25, -0.2) is 9.50 Å². The lowest BCUT2D eigenvalue weighted by Gasteiger charge is -2.40. The van der Waals surface area contributed by atoms with E-state index in [1.807, 2.05) is 19.1 Å². The van der Waals surface area contributed by atoms with Crippen LogP contribution in [0.25, 0.3) is 5.65 Å². The van der Waals surface area contributed by atoms with E-state index in [2.05, 4.69) is 30.6 Å². The summed E-state index contributed by atoms with van der Waals surface area (Å²) in [4.78, 5) is 11.1. The molecule has 1 saturated heterocycles. The molecule has 1 atom stereocenters. The fourth-order valence-electron chi connectivity index (χ4n) is 3.93. The topological polar surface area (TPSA) is 152 Å². The van der Waals surface area contributed by atoms with Crippen molar-refractivity contribution in [3.63, 3.8) is 0 Å². The van der Waals surface area contributed by atoms with Crippen LogP contribution in [-0.2, 0) is 17.8 Å². The highest BCUT2D eigenvalue weighted by atomic mass is 35.5. The molecule has 184 valence electrons. The Kier molecular flexibility index (Phi) is 7.10. The number of aromatic nitrogens is 4. The van der Waals surface area contributed by atoms with Crippen LogP contribution < -0.4 is 27.0 Å². The number of nitrogens with two attached hydrogens (primary N) is 2. The summed E-state index contributed by atoms with van der Waals surface area (Å²) < 4.78 is 7.46. The summed E-state index contributed by atoms with van der Waals surface area (Å²) in [5, 5.41) is 22.0. The van der Waals surface area contributed by atoms with Gasteiger partial charge in [0.2, 0.25) is 5.95 Å². The number of rotatable bonds is 8. The second kappa shape index (κ2) is 9.88. The first-order valence-electron chi connectivity index (χ1n) is 11.3. The monoisotopic (exact) mass is 489 g/mol. The lowest BCUT2D eigenvalue weighted by atomic mass is 9.99. The minimum Gasteiger partial charge on any atom is -0.388 e. The molecule has 7 N–H and O–H groups in total. The summed E-state index contributed by atoms with van der Waals surface area (Å²) in [5.74, 6) is 0.932. The third-order valence-electron chi connectivity index (χ3n) is 5.78. The van der Waals surface area contributed by atoms with E-state index >= 15 is 0 Å². The van der Waals surface area contributed by atoms with Crippen LogP contribution >= 0.6 is 11.6 Å². The molecule has 34 heavy (non-hydrogen) atoms. The van der Waals surface area contributed by atoms with Crippen molar-refractivity contribution < 1.29 is 9.84 Å². The molecule has 3 aromatic rings. The van der Waals surface area contributed by atoms with Crippen LogP contribution in [0.1, 0.15) is 32.0 Å². The summed E-state index contributed by atoms with van der Waals surface area (Å²) in [6.07, 6.45) is 1.34. The second-order valence-corrected chi connectivity index (χ2v) is 9.15. The van der Waals surface area contributed by atoms with E-state index in [1.54, 1.807) is 24.6 Å². The van der Waals surface area contributed by atoms with E-state index < -0.39 is 5.60 Å². The first kappa shape index (κ1) is 24.4. The van der Waals surface area contributed by atoms with Crippen molar-refractivity contribution in [3.05, 3.63) is 34.6 Å². The van der Waals surface area contributed by atoms with E-state index in [4.69, 9.17) is 27.8 Å². The SMILES string of the molecule is CCNc1nc(Nc2cc(CN)cc(N3CCOC(C(C)(C)O)C3)c2Cl)nn2c(CN)cnc12. The number of morpholine rings is 1. The van der Waals surface area contributed by atoms with E-state index in [-0.39, 0.29) is 12.6 Å². The number of nitrogens with zero attached hydrogens (tertiary/aromatic N) is 5. The number of aliphatic hydroxyl groups is 1. The molecule has 1 aliphatic rings. The minimum absolute atomic E-state index is 0.288. The zero-order chi connectivity index (χ0) is 24.5. The third kappa shape index (κ3) is 4.89. The van der Waals surface area contributed by atoms with Gasteiger partial charge in [0.1, 0.15) is 6.10 Å². The van der Waals surface area contributed by atoms with Crippen molar-refractivity contribution in [2.75, 3.05) is 41.8 Å². The van der Waals surface area contributed by atoms with Crippen molar-refractivity contribution in [3.8, 4) is 0 Å². The normalized spacial score (nSPS) is 16.8. The van der Waals surface area contributed by atoms with Crippen molar-refractivity contribution in [1.29, 1.82) is 0 Å². The molecule has 0 spiro atoms.